The van der Waals surface area contributed by atoms with E-state index in [1.807, 2.05) is 26.2 Å². The van der Waals surface area contributed by atoms with Gasteiger partial charge in [-0.05, 0) is 30.7 Å². The second-order valence-corrected chi connectivity index (χ2v) is 4.47. The van der Waals surface area contributed by atoms with Gasteiger partial charge in [-0.3, -0.25) is 4.98 Å². The van der Waals surface area contributed by atoms with Crippen LogP contribution in [0.2, 0.25) is 0 Å². The molecule has 0 saturated carbocycles. The van der Waals surface area contributed by atoms with Crippen LogP contribution in [-0.4, -0.2) is 26.2 Å². The number of anilines is 1. The Bertz CT molecular complexity index is 550. The van der Waals surface area contributed by atoms with Crippen molar-refractivity contribution in [3.05, 3.63) is 42.1 Å². The van der Waals surface area contributed by atoms with Gasteiger partial charge in [0, 0.05) is 37.6 Å². The van der Waals surface area contributed by atoms with Crippen LogP contribution in [0.3, 0.4) is 0 Å². The van der Waals surface area contributed by atoms with E-state index >= 15 is 0 Å². The molecule has 0 aliphatic carbocycles. The van der Waals surface area contributed by atoms with Gasteiger partial charge >= 0.3 is 0 Å². The van der Waals surface area contributed by atoms with E-state index in [9.17, 15) is 0 Å². The zero-order chi connectivity index (χ0) is 13.1. The summed E-state index contributed by atoms with van der Waals surface area (Å²) in [5, 5.41) is 0. The fraction of sp³-hybridized carbons (Fsp3) is 0.267. The molecular formula is C15H18N2O. The van der Waals surface area contributed by atoms with Crippen molar-refractivity contribution in [2.45, 2.75) is 6.92 Å². The van der Waals surface area contributed by atoms with Crippen LogP contribution in [-0.2, 0) is 0 Å². The molecule has 0 aliphatic heterocycles. The Labute approximate surface area is 108 Å². The van der Waals surface area contributed by atoms with E-state index in [4.69, 9.17) is 4.74 Å². The van der Waals surface area contributed by atoms with E-state index in [1.54, 1.807) is 13.3 Å². The van der Waals surface area contributed by atoms with Gasteiger partial charge in [-0.2, -0.15) is 0 Å². The molecule has 0 bridgehead atoms. The Kier molecular flexibility index (Phi) is 3.51. The number of hydrogen-bond acceptors (Lipinski definition) is 3. The molecule has 0 aliphatic rings. The smallest absolute Gasteiger partial charge is 0.122 e. The number of methoxy groups -OCH3 is 1. The maximum atomic E-state index is 5.23. The number of pyridine rings is 1. The standard InChI is InChI=1S/C15H18N2O/c1-11-9-12(17(2)3)5-6-14(11)15-10-13(18-4)7-8-16-15/h5-10H,1-4H3. The van der Waals surface area contributed by atoms with Crippen LogP contribution in [0.1, 0.15) is 5.56 Å². The fourth-order valence-corrected chi connectivity index (χ4v) is 1.90. The highest BCUT2D eigenvalue weighted by Gasteiger charge is 2.06. The normalized spacial score (nSPS) is 10.2. The Balaban J connectivity index is 2.44. The van der Waals surface area contributed by atoms with Crippen LogP contribution in [0.5, 0.6) is 5.75 Å². The molecule has 18 heavy (non-hydrogen) atoms. The lowest BCUT2D eigenvalue weighted by molar-refractivity contribution is 0.414. The molecule has 0 N–H and O–H groups in total. The van der Waals surface area contributed by atoms with Gasteiger partial charge in [-0.25, -0.2) is 0 Å². The molecule has 0 amide bonds. The fourth-order valence-electron chi connectivity index (χ4n) is 1.90. The highest BCUT2D eigenvalue weighted by Crippen LogP contribution is 2.27. The predicted octanol–water partition coefficient (Wildman–Crippen LogP) is 3.13. The molecule has 3 nitrogen and oxygen atoms in total. The van der Waals surface area contributed by atoms with Crippen LogP contribution < -0.4 is 9.64 Å². The minimum atomic E-state index is 0.830. The third kappa shape index (κ3) is 2.45. The number of aromatic nitrogens is 1. The molecule has 94 valence electrons. The topological polar surface area (TPSA) is 25.4 Å². The quantitative estimate of drug-likeness (QED) is 0.826. The third-order valence-electron chi connectivity index (χ3n) is 2.97. The van der Waals surface area contributed by atoms with Gasteiger partial charge in [-0.15, -0.1) is 0 Å². The summed E-state index contributed by atoms with van der Waals surface area (Å²) >= 11 is 0. The van der Waals surface area contributed by atoms with Crippen molar-refractivity contribution in [3.8, 4) is 17.0 Å². The number of benzene rings is 1. The summed E-state index contributed by atoms with van der Waals surface area (Å²) in [7, 11) is 5.75. The zero-order valence-corrected chi connectivity index (χ0v) is 11.3. The van der Waals surface area contributed by atoms with Gasteiger partial charge in [0.1, 0.15) is 5.75 Å². The summed E-state index contributed by atoms with van der Waals surface area (Å²) in [5.41, 5.74) is 4.48. The van der Waals surface area contributed by atoms with E-state index in [2.05, 4.69) is 35.0 Å². The molecule has 2 rings (SSSR count). The van der Waals surface area contributed by atoms with Crippen molar-refractivity contribution >= 4 is 5.69 Å². The average molecular weight is 242 g/mol. The number of ether oxygens (including phenoxy) is 1. The van der Waals surface area contributed by atoms with Gasteiger partial charge in [0.15, 0.2) is 0 Å². The lowest BCUT2D eigenvalue weighted by Gasteiger charge is -2.15. The molecule has 0 atom stereocenters. The Hall–Kier alpha value is -2.03. The highest BCUT2D eigenvalue weighted by molar-refractivity contribution is 5.68. The number of nitrogens with zero attached hydrogens (tertiary/aromatic N) is 2. The highest BCUT2D eigenvalue weighted by atomic mass is 16.5. The monoisotopic (exact) mass is 242 g/mol. The molecule has 1 aromatic heterocycles. The van der Waals surface area contributed by atoms with Crippen LogP contribution in [0, 0.1) is 6.92 Å². The number of hydrogen-bond donors (Lipinski definition) is 0. The number of aryl methyl sites for hydroxylation is 1. The predicted molar refractivity (Wildman–Crippen MR) is 75.3 cm³/mol. The second-order valence-electron chi connectivity index (χ2n) is 4.47. The summed E-state index contributed by atoms with van der Waals surface area (Å²) in [5.74, 6) is 0.830. The van der Waals surface area contributed by atoms with Crippen molar-refractivity contribution in [2.24, 2.45) is 0 Å². The second kappa shape index (κ2) is 5.08. The van der Waals surface area contributed by atoms with Gasteiger partial charge in [0.25, 0.3) is 0 Å². The Morgan fingerprint density at radius 3 is 2.50 bits per heavy atom. The first kappa shape index (κ1) is 12.4. The summed E-state index contributed by atoms with van der Waals surface area (Å²) < 4.78 is 5.23. The first-order valence-electron chi connectivity index (χ1n) is 5.90. The van der Waals surface area contributed by atoms with E-state index in [0.29, 0.717) is 0 Å². The minimum Gasteiger partial charge on any atom is -0.497 e. The van der Waals surface area contributed by atoms with E-state index in [-0.39, 0.29) is 0 Å². The van der Waals surface area contributed by atoms with E-state index in [0.717, 1.165) is 17.0 Å². The van der Waals surface area contributed by atoms with E-state index in [1.165, 1.54) is 11.3 Å². The van der Waals surface area contributed by atoms with Gasteiger partial charge < -0.3 is 9.64 Å². The molecule has 1 heterocycles. The Morgan fingerprint density at radius 1 is 1.11 bits per heavy atom. The molecular weight excluding hydrogens is 224 g/mol. The summed E-state index contributed by atoms with van der Waals surface area (Å²) in [6.45, 7) is 2.10. The number of rotatable bonds is 3. The molecule has 2 aromatic rings. The van der Waals surface area contributed by atoms with Crippen LogP contribution in [0.4, 0.5) is 5.69 Å². The molecule has 3 heteroatoms. The largest absolute Gasteiger partial charge is 0.497 e. The van der Waals surface area contributed by atoms with Crippen molar-refractivity contribution in [1.29, 1.82) is 0 Å². The molecule has 0 fully saturated rings. The summed E-state index contributed by atoms with van der Waals surface area (Å²) in [4.78, 5) is 6.49. The Morgan fingerprint density at radius 2 is 1.89 bits per heavy atom. The molecule has 0 saturated heterocycles. The van der Waals surface area contributed by atoms with Crippen molar-refractivity contribution in [3.63, 3.8) is 0 Å². The third-order valence-corrected chi connectivity index (χ3v) is 2.97. The molecule has 0 unspecified atom stereocenters. The summed E-state index contributed by atoms with van der Waals surface area (Å²) in [6.07, 6.45) is 1.77. The first-order valence-corrected chi connectivity index (χ1v) is 5.90. The zero-order valence-electron chi connectivity index (χ0n) is 11.3. The van der Waals surface area contributed by atoms with Crippen LogP contribution in [0.25, 0.3) is 11.3 Å². The van der Waals surface area contributed by atoms with Gasteiger partial charge in [0.05, 0.1) is 12.8 Å². The van der Waals surface area contributed by atoms with Crippen molar-refractivity contribution in [2.75, 3.05) is 26.1 Å². The maximum absolute atomic E-state index is 5.23. The first-order chi connectivity index (χ1) is 8.61. The van der Waals surface area contributed by atoms with Crippen LogP contribution in [0.15, 0.2) is 36.5 Å². The van der Waals surface area contributed by atoms with E-state index < -0.39 is 0 Å². The minimum absolute atomic E-state index is 0.830. The average Bonchev–Trinajstić information content (AvgIpc) is 2.38. The summed E-state index contributed by atoms with van der Waals surface area (Å²) in [6, 6.07) is 10.2. The molecule has 0 radical (unpaired) electrons. The van der Waals surface area contributed by atoms with Crippen molar-refractivity contribution in [1.82, 2.24) is 4.98 Å². The maximum Gasteiger partial charge on any atom is 0.122 e. The van der Waals surface area contributed by atoms with Gasteiger partial charge in [0.2, 0.25) is 0 Å². The van der Waals surface area contributed by atoms with Crippen LogP contribution >= 0.6 is 0 Å². The lowest BCUT2D eigenvalue weighted by atomic mass is 10.0. The SMILES string of the molecule is COc1ccnc(-c2ccc(N(C)C)cc2C)c1. The molecule has 0 spiro atoms. The molecule has 1 aromatic carbocycles. The van der Waals surface area contributed by atoms with Crippen molar-refractivity contribution < 1.29 is 4.74 Å². The lowest BCUT2D eigenvalue weighted by Crippen LogP contribution is -2.08. The van der Waals surface area contributed by atoms with Gasteiger partial charge in [-0.1, -0.05) is 6.07 Å².